The van der Waals surface area contributed by atoms with Crippen molar-refractivity contribution >= 4 is 23.2 Å². The van der Waals surface area contributed by atoms with E-state index in [1.165, 1.54) is 12.8 Å². The Hall–Kier alpha value is -1.62. The van der Waals surface area contributed by atoms with Crippen LogP contribution in [0.15, 0.2) is 18.2 Å². The maximum Gasteiger partial charge on any atom is 0.264 e. The quantitative estimate of drug-likeness (QED) is 0.870. The molecular formula is C17H24N2O2S. The fourth-order valence-electron chi connectivity index (χ4n) is 2.51. The van der Waals surface area contributed by atoms with Crippen molar-refractivity contribution in [1.29, 1.82) is 0 Å². The van der Waals surface area contributed by atoms with Gasteiger partial charge in [-0.2, -0.15) is 0 Å². The van der Waals surface area contributed by atoms with Gasteiger partial charge in [0.15, 0.2) is 11.7 Å². The van der Waals surface area contributed by atoms with Crippen molar-refractivity contribution in [3.05, 3.63) is 29.3 Å². The van der Waals surface area contributed by atoms with Gasteiger partial charge in [-0.15, -0.1) is 0 Å². The summed E-state index contributed by atoms with van der Waals surface area (Å²) in [5.41, 5.74) is 2.13. The molecule has 0 spiro atoms. The normalized spacial score (nSPS) is 15.1. The molecule has 1 aromatic rings. The number of aryl methyl sites for hydroxylation is 2. The van der Waals surface area contributed by atoms with Gasteiger partial charge in [0.25, 0.3) is 5.91 Å². The first kappa shape index (κ1) is 16.7. The van der Waals surface area contributed by atoms with Crippen molar-refractivity contribution in [2.24, 2.45) is 0 Å². The summed E-state index contributed by atoms with van der Waals surface area (Å²) in [6.45, 7) is 5.81. The number of hydrogen-bond donors (Lipinski definition) is 1. The lowest BCUT2D eigenvalue weighted by Crippen LogP contribution is -2.44. The van der Waals surface area contributed by atoms with Crippen molar-refractivity contribution < 1.29 is 9.53 Å². The van der Waals surface area contributed by atoms with Gasteiger partial charge in [0.05, 0.1) is 0 Å². The van der Waals surface area contributed by atoms with Crippen LogP contribution in [0.1, 0.15) is 36.8 Å². The van der Waals surface area contributed by atoms with E-state index in [0.717, 1.165) is 42.8 Å². The Bertz CT molecular complexity index is 537. The van der Waals surface area contributed by atoms with E-state index >= 15 is 0 Å². The predicted octanol–water partition coefficient (Wildman–Crippen LogP) is 2.96. The zero-order chi connectivity index (χ0) is 15.9. The molecule has 22 heavy (non-hydrogen) atoms. The minimum Gasteiger partial charge on any atom is -0.483 e. The lowest BCUT2D eigenvalue weighted by atomic mass is 10.1. The molecule has 5 heteroatoms. The van der Waals surface area contributed by atoms with Crippen LogP contribution in [0.4, 0.5) is 0 Å². The fourth-order valence-corrected chi connectivity index (χ4v) is 2.81. The number of amides is 1. The van der Waals surface area contributed by atoms with Crippen LogP contribution < -0.4 is 10.1 Å². The molecule has 1 saturated heterocycles. The maximum absolute atomic E-state index is 12.0. The molecule has 1 heterocycles. The van der Waals surface area contributed by atoms with E-state index in [2.05, 4.69) is 10.2 Å². The first-order valence-electron chi connectivity index (χ1n) is 7.85. The topological polar surface area (TPSA) is 41.6 Å². The van der Waals surface area contributed by atoms with Crippen LogP contribution in [0.2, 0.25) is 0 Å². The standard InChI is InChI=1S/C17H24N2O2S/c1-13-7-8-14(2)15(11-13)21-12-16(20)18-17(22)19-9-5-3-4-6-10-19/h7-8,11H,3-6,9-10,12H2,1-2H3,(H,18,20,22). The molecule has 0 aromatic heterocycles. The molecule has 0 saturated carbocycles. The van der Waals surface area contributed by atoms with Gasteiger partial charge in [0, 0.05) is 13.1 Å². The monoisotopic (exact) mass is 320 g/mol. The van der Waals surface area contributed by atoms with Crippen molar-refractivity contribution in [3.8, 4) is 5.75 Å². The van der Waals surface area contributed by atoms with Crippen LogP contribution in [0.3, 0.4) is 0 Å². The Balaban J connectivity index is 1.82. The predicted molar refractivity (Wildman–Crippen MR) is 92.2 cm³/mol. The third-order valence-corrected chi connectivity index (χ3v) is 4.20. The third kappa shape index (κ3) is 4.98. The molecular weight excluding hydrogens is 296 g/mol. The first-order chi connectivity index (χ1) is 10.6. The summed E-state index contributed by atoms with van der Waals surface area (Å²) in [6, 6.07) is 5.96. The highest BCUT2D eigenvalue weighted by Gasteiger charge is 2.15. The lowest BCUT2D eigenvalue weighted by molar-refractivity contribution is -0.121. The van der Waals surface area contributed by atoms with Gasteiger partial charge in [-0.25, -0.2) is 0 Å². The van der Waals surface area contributed by atoms with Gasteiger partial charge >= 0.3 is 0 Å². The SMILES string of the molecule is Cc1ccc(C)c(OCC(=O)NC(=S)N2CCCCCC2)c1. The Morgan fingerprint density at radius 1 is 1.23 bits per heavy atom. The number of carbonyl (C=O) groups excluding carboxylic acids is 1. The van der Waals surface area contributed by atoms with Gasteiger partial charge in [0.1, 0.15) is 5.75 Å². The van der Waals surface area contributed by atoms with E-state index in [1.807, 2.05) is 32.0 Å². The van der Waals surface area contributed by atoms with Crippen LogP contribution in [0.5, 0.6) is 5.75 Å². The Labute approximate surface area is 137 Å². The van der Waals surface area contributed by atoms with E-state index in [4.69, 9.17) is 17.0 Å². The Morgan fingerprint density at radius 3 is 2.59 bits per heavy atom. The van der Waals surface area contributed by atoms with E-state index in [9.17, 15) is 4.79 Å². The van der Waals surface area contributed by atoms with E-state index in [0.29, 0.717) is 5.11 Å². The molecule has 1 aliphatic heterocycles. The molecule has 120 valence electrons. The van der Waals surface area contributed by atoms with Gasteiger partial charge in [-0.05, 0) is 56.1 Å². The average Bonchev–Trinajstić information content (AvgIpc) is 2.77. The molecule has 1 amide bonds. The Morgan fingerprint density at radius 2 is 1.91 bits per heavy atom. The van der Waals surface area contributed by atoms with E-state index in [1.54, 1.807) is 0 Å². The minimum absolute atomic E-state index is 0.0156. The summed E-state index contributed by atoms with van der Waals surface area (Å²) < 4.78 is 5.60. The van der Waals surface area contributed by atoms with Crippen LogP contribution in [-0.2, 0) is 4.79 Å². The fraction of sp³-hybridized carbons (Fsp3) is 0.529. The number of benzene rings is 1. The zero-order valence-corrected chi connectivity index (χ0v) is 14.2. The lowest BCUT2D eigenvalue weighted by Gasteiger charge is -2.23. The van der Waals surface area contributed by atoms with Gasteiger partial charge in [-0.1, -0.05) is 25.0 Å². The van der Waals surface area contributed by atoms with E-state index < -0.39 is 0 Å². The second-order valence-electron chi connectivity index (χ2n) is 5.81. The highest BCUT2D eigenvalue weighted by atomic mass is 32.1. The minimum atomic E-state index is -0.199. The molecule has 0 unspecified atom stereocenters. The molecule has 1 fully saturated rings. The molecule has 0 aliphatic carbocycles. The number of rotatable bonds is 3. The number of nitrogens with zero attached hydrogens (tertiary/aromatic N) is 1. The number of thiocarbonyl (C=S) groups is 1. The summed E-state index contributed by atoms with van der Waals surface area (Å²) in [6.07, 6.45) is 4.75. The summed E-state index contributed by atoms with van der Waals surface area (Å²) in [5, 5.41) is 3.30. The zero-order valence-electron chi connectivity index (χ0n) is 13.4. The number of ether oxygens (including phenoxy) is 1. The van der Waals surface area contributed by atoms with Crippen LogP contribution >= 0.6 is 12.2 Å². The summed E-state index contributed by atoms with van der Waals surface area (Å²) in [4.78, 5) is 14.1. The third-order valence-electron chi connectivity index (χ3n) is 3.84. The van der Waals surface area contributed by atoms with Crippen LogP contribution in [0.25, 0.3) is 0 Å². The molecule has 1 aromatic carbocycles. The highest BCUT2D eigenvalue weighted by molar-refractivity contribution is 7.80. The summed E-state index contributed by atoms with van der Waals surface area (Å²) in [7, 11) is 0. The van der Waals surface area contributed by atoms with E-state index in [-0.39, 0.29) is 12.5 Å². The molecule has 0 radical (unpaired) electrons. The second-order valence-corrected chi connectivity index (χ2v) is 6.20. The van der Waals surface area contributed by atoms with Crippen molar-refractivity contribution in [3.63, 3.8) is 0 Å². The van der Waals surface area contributed by atoms with Gasteiger partial charge in [-0.3, -0.25) is 4.79 Å². The summed E-state index contributed by atoms with van der Waals surface area (Å²) >= 11 is 5.33. The average molecular weight is 320 g/mol. The van der Waals surface area contributed by atoms with Crippen molar-refractivity contribution in [2.45, 2.75) is 39.5 Å². The smallest absolute Gasteiger partial charge is 0.264 e. The summed E-state index contributed by atoms with van der Waals surface area (Å²) in [5.74, 6) is 0.547. The first-order valence-corrected chi connectivity index (χ1v) is 8.26. The molecule has 1 N–H and O–H groups in total. The number of carbonyl (C=O) groups is 1. The number of likely N-dealkylation sites (tertiary alicyclic amines) is 1. The largest absolute Gasteiger partial charge is 0.483 e. The second kappa shape index (κ2) is 8.13. The van der Waals surface area contributed by atoms with Gasteiger partial charge < -0.3 is 15.0 Å². The molecule has 1 aliphatic rings. The number of hydrogen-bond acceptors (Lipinski definition) is 3. The van der Waals surface area contributed by atoms with Gasteiger partial charge in [0.2, 0.25) is 0 Å². The van der Waals surface area contributed by atoms with Crippen LogP contribution in [-0.4, -0.2) is 35.6 Å². The van der Waals surface area contributed by atoms with Crippen LogP contribution in [0, 0.1) is 13.8 Å². The molecule has 2 rings (SSSR count). The molecule has 4 nitrogen and oxygen atoms in total. The molecule has 0 atom stereocenters. The molecule has 0 bridgehead atoms. The highest BCUT2D eigenvalue weighted by Crippen LogP contribution is 2.18. The van der Waals surface area contributed by atoms with Crippen molar-refractivity contribution in [1.82, 2.24) is 10.2 Å². The maximum atomic E-state index is 12.0. The number of nitrogens with one attached hydrogen (secondary N) is 1. The van der Waals surface area contributed by atoms with Crippen molar-refractivity contribution in [2.75, 3.05) is 19.7 Å². The Kier molecular flexibility index (Phi) is 6.19.